The number of rotatable bonds is 6. The predicted molar refractivity (Wildman–Crippen MR) is 199 cm³/mol. The molecule has 4 aromatic rings. The maximum atomic E-state index is 13.2. The van der Waals surface area contributed by atoms with Crippen LogP contribution in [0.15, 0.2) is 107 Å². The molecule has 2 heterocycles. The zero-order valence-corrected chi connectivity index (χ0v) is 30.7. The minimum atomic E-state index is -3.44. The van der Waals surface area contributed by atoms with E-state index in [0.717, 1.165) is 22.3 Å². The van der Waals surface area contributed by atoms with Gasteiger partial charge in [0.2, 0.25) is 0 Å². The van der Waals surface area contributed by atoms with Crippen molar-refractivity contribution >= 4 is 31.3 Å². The standard InChI is InChI=1S/C20H24O3S.C19H21ClO3S.CH4/c1-15-7-9-17(10-8-15)19-14-20(3,11-12-23-19)24(21,22)18-6-4-5-16(2)13-18;1-14-4-3-5-17(12-14)24(21,22)19(2)10-11-23-18(13-19)15-6-8-16(20)9-7-15;/h4-10,13,19H,11-12,14H2,1-3H3;3-9,12,18H,10-11,13H2,1-2H3;1H4/t19-,20-;18-,19-;/m10./s1. The molecule has 4 aromatic carbocycles. The van der Waals surface area contributed by atoms with E-state index < -0.39 is 29.2 Å². The summed E-state index contributed by atoms with van der Waals surface area (Å²) >= 11 is 5.94. The van der Waals surface area contributed by atoms with Gasteiger partial charge in [0.25, 0.3) is 0 Å². The zero-order valence-electron chi connectivity index (χ0n) is 28.3. The van der Waals surface area contributed by atoms with Crippen LogP contribution in [-0.4, -0.2) is 39.5 Å². The smallest absolute Gasteiger partial charge is 0.184 e. The average molecular weight is 725 g/mol. The van der Waals surface area contributed by atoms with Crippen LogP contribution in [0.3, 0.4) is 0 Å². The quantitative estimate of drug-likeness (QED) is 0.197. The Balaban J connectivity index is 0.000000216. The molecular formula is C40H49ClO6S2. The molecule has 2 saturated heterocycles. The van der Waals surface area contributed by atoms with E-state index in [4.69, 9.17) is 21.1 Å². The summed E-state index contributed by atoms with van der Waals surface area (Å²) in [6, 6.07) is 29.9. The van der Waals surface area contributed by atoms with Gasteiger partial charge in [0.15, 0.2) is 19.7 Å². The number of benzene rings is 4. The van der Waals surface area contributed by atoms with Gasteiger partial charge >= 0.3 is 0 Å². The second-order valence-electron chi connectivity index (χ2n) is 13.6. The molecule has 0 aliphatic carbocycles. The van der Waals surface area contributed by atoms with Crippen LogP contribution in [0.25, 0.3) is 0 Å². The second-order valence-corrected chi connectivity index (χ2v) is 19.0. The number of hydrogen-bond acceptors (Lipinski definition) is 6. The normalized spacial score (nSPS) is 24.2. The molecule has 6 nitrogen and oxygen atoms in total. The third-order valence-corrected chi connectivity index (χ3v) is 15.1. The van der Waals surface area contributed by atoms with E-state index in [1.807, 2.05) is 89.2 Å². The first-order chi connectivity index (χ1) is 22.6. The highest BCUT2D eigenvalue weighted by atomic mass is 35.5. The maximum Gasteiger partial charge on any atom is 0.184 e. The van der Waals surface area contributed by atoms with Gasteiger partial charge in [-0.1, -0.05) is 85.3 Å². The van der Waals surface area contributed by atoms with Crippen molar-refractivity contribution in [3.8, 4) is 0 Å². The van der Waals surface area contributed by atoms with Crippen molar-refractivity contribution in [1.82, 2.24) is 0 Å². The van der Waals surface area contributed by atoms with Crippen molar-refractivity contribution in [3.05, 3.63) is 130 Å². The highest BCUT2D eigenvalue weighted by Crippen LogP contribution is 2.43. The van der Waals surface area contributed by atoms with Gasteiger partial charge in [0.05, 0.1) is 31.5 Å². The van der Waals surface area contributed by atoms with E-state index in [1.54, 1.807) is 42.5 Å². The molecular weight excluding hydrogens is 676 g/mol. The first-order valence-electron chi connectivity index (χ1n) is 16.3. The molecule has 0 radical (unpaired) electrons. The molecule has 6 rings (SSSR count). The van der Waals surface area contributed by atoms with Gasteiger partial charge in [-0.05, 0) is 119 Å². The molecule has 0 bridgehead atoms. The fourth-order valence-corrected chi connectivity index (χ4v) is 10.4. The van der Waals surface area contributed by atoms with Gasteiger partial charge in [-0.25, -0.2) is 16.8 Å². The van der Waals surface area contributed by atoms with Crippen molar-refractivity contribution in [3.63, 3.8) is 0 Å². The first kappa shape index (κ1) is 38.8. The zero-order chi connectivity index (χ0) is 34.7. The number of ether oxygens (including phenoxy) is 2. The molecule has 49 heavy (non-hydrogen) atoms. The second kappa shape index (κ2) is 15.5. The molecule has 2 aliphatic rings. The third-order valence-electron chi connectivity index (χ3n) is 9.72. The first-order valence-corrected chi connectivity index (χ1v) is 19.7. The molecule has 0 amide bonds. The Labute approximate surface area is 298 Å². The molecule has 264 valence electrons. The highest BCUT2D eigenvalue weighted by Gasteiger charge is 2.46. The lowest BCUT2D eigenvalue weighted by atomic mass is 9.92. The Hall–Kier alpha value is -3.01. The van der Waals surface area contributed by atoms with Crippen LogP contribution in [-0.2, 0) is 29.1 Å². The lowest BCUT2D eigenvalue weighted by Gasteiger charge is -2.38. The Bertz CT molecular complexity index is 1800. The number of hydrogen-bond donors (Lipinski definition) is 0. The summed E-state index contributed by atoms with van der Waals surface area (Å²) in [5.41, 5.74) is 5.10. The predicted octanol–water partition coefficient (Wildman–Crippen LogP) is 9.76. The van der Waals surface area contributed by atoms with Crippen molar-refractivity contribution in [2.24, 2.45) is 0 Å². The van der Waals surface area contributed by atoms with Crippen LogP contribution >= 0.6 is 11.6 Å². The van der Waals surface area contributed by atoms with Gasteiger partial charge in [-0.3, -0.25) is 0 Å². The minimum absolute atomic E-state index is 0. The fraction of sp³-hybridized carbons (Fsp3) is 0.400. The van der Waals surface area contributed by atoms with Crippen LogP contribution in [0.2, 0.25) is 5.02 Å². The third kappa shape index (κ3) is 8.49. The van der Waals surface area contributed by atoms with Crippen LogP contribution < -0.4 is 0 Å². The van der Waals surface area contributed by atoms with Crippen LogP contribution in [0.4, 0.5) is 0 Å². The molecule has 0 unspecified atom stereocenters. The number of sulfone groups is 2. The molecule has 2 aliphatic heterocycles. The van der Waals surface area contributed by atoms with Crippen molar-refractivity contribution < 1.29 is 26.3 Å². The minimum Gasteiger partial charge on any atom is -0.373 e. The number of halogens is 1. The molecule has 0 saturated carbocycles. The van der Waals surface area contributed by atoms with E-state index in [9.17, 15) is 16.8 Å². The molecule has 9 heteroatoms. The summed E-state index contributed by atoms with van der Waals surface area (Å²) in [4.78, 5) is 0.802. The van der Waals surface area contributed by atoms with E-state index in [0.29, 0.717) is 53.7 Å². The summed E-state index contributed by atoms with van der Waals surface area (Å²) in [5.74, 6) is 0. The Morgan fingerprint density at radius 3 is 1.37 bits per heavy atom. The largest absolute Gasteiger partial charge is 0.373 e. The van der Waals surface area contributed by atoms with Crippen molar-refractivity contribution in [2.75, 3.05) is 13.2 Å². The van der Waals surface area contributed by atoms with Crippen LogP contribution in [0, 0.1) is 20.8 Å². The van der Waals surface area contributed by atoms with E-state index in [1.165, 1.54) is 5.56 Å². The van der Waals surface area contributed by atoms with E-state index in [2.05, 4.69) is 0 Å². The van der Waals surface area contributed by atoms with E-state index >= 15 is 0 Å². The maximum absolute atomic E-state index is 13.2. The average Bonchev–Trinajstić information content (AvgIpc) is 3.06. The number of aryl methyl sites for hydroxylation is 3. The molecule has 0 aromatic heterocycles. The summed E-state index contributed by atoms with van der Waals surface area (Å²) in [6.45, 7) is 10.4. The van der Waals surface area contributed by atoms with E-state index in [-0.39, 0.29) is 19.6 Å². The Kier molecular flexibility index (Phi) is 12.3. The van der Waals surface area contributed by atoms with Gasteiger partial charge < -0.3 is 9.47 Å². The molecule has 2 fully saturated rings. The van der Waals surface area contributed by atoms with Gasteiger partial charge in [0.1, 0.15) is 0 Å². The van der Waals surface area contributed by atoms with Crippen molar-refractivity contribution in [2.45, 2.75) is 99.2 Å². The Morgan fingerprint density at radius 1 is 0.592 bits per heavy atom. The summed E-state index contributed by atoms with van der Waals surface area (Å²) in [6.07, 6.45) is 1.51. The topological polar surface area (TPSA) is 86.7 Å². The monoisotopic (exact) mass is 724 g/mol. The summed E-state index contributed by atoms with van der Waals surface area (Å²) < 4.78 is 63.0. The molecule has 0 spiro atoms. The van der Waals surface area contributed by atoms with Crippen molar-refractivity contribution in [1.29, 1.82) is 0 Å². The highest BCUT2D eigenvalue weighted by molar-refractivity contribution is 7.93. The molecule has 4 atom stereocenters. The summed E-state index contributed by atoms with van der Waals surface area (Å²) in [5, 5.41) is 0.657. The SMILES string of the molecule is C.Cc1ccc([C@H]2C[C@](C)(S(=O)(=O)c3cccc(C)c3)CCO2)cc1.Cc1cccc(S(=O)(=O)[C@@]2(C)CCO[C@H](c3ccc(Cl)cc3)C2)c1. The Morgan fingerprint density at radius 2 is 0.980 bits per heavy atom. The molecule has 0 N–H and O–H groups in total. The summed E-state index contributed by atoms with van der Waals surface area (Å²) in [7, 11) is -6.85. The fourth-order valence-electron chi connectivity index (χ4n) is 6.45. The van der Waals surface area contributed by atoms with Gasteiger partial charge in [-0.15, -0.1) is 0 Å². The van der Waals surface area contributed by atoms with Gasteiger partial charge in [0, 0.05) is 18.2 Å². The van der Waals surface area contributed by atoms with Crippen LogP contribution in [0.5, 0.6) is 0 Å². The van der Waals surface area contributed by atoms with Crippen LogP contribution in [0.1, 0.15) is 87.0 Å². The van der Waals surface area contributed by atoms with Gasteiger partial charge in [-0.2, -0.15) is 0 Å². The lowest BCUT2D eigenvalue weighted by molar-refractivity contribution is 0.000202. The lowest BCUT2D eigenvalue weighted by Crippen LogP contribution is -2.42.